The van der Waals surface area contributed by atoms with Gasteiger partial charge in [0.1, 0.15) is 5.02 Å². The smallest absolute Gasteiger partial charge is 0.288 e. The lowest BCUT2D eigenvalue weighted by Crippen LogP contribution is -2.46. The first-order valence-corrected chi connectivity index (χ1v) is 7.08. The second-order valence-corrected chi connectivity index (χ2v) is 5.57. The monoisotopic (exact) mass is 312 g/mol. The molecule has 6 nitrogen and oxygen atoms in total. The SMILES string of the molecule is COC1CN(C(=O)c2cccc([N+](=O)[O-])c2Cl)CCC1C. The number of carbonyl (C=O) groups excluding carboxylic acids is 1. The van der Waals surface area contributed by atoms with Gasteiger partial charge in [-0.2, -0.15) is 0 Å². The number of piperidine rings is 1. The summed E-state index contributed by atoms with van der Waals surface area (Å²) in [5.74, 6) is 0.0808. The molecule has 1 saturated heterocycles. The van der Waals surface area contributed by atoms with Crippen molar-refractivity contribution in [1.82, 2.24) is 4.90 Å². The van der Waals surface area contributed by atoms with Gasteiger partial charge in [-0.1, -0.05) is 24.6 Å². The van der Waals surface area contributed by atoms with Gasteiger partial charge in [0, 0.05) is 26.3 Å². The molecule has 7 heteroatoms. The predicted molar refractivity (Wildman–Crippen MR) is 78.6 cm³/mol. The van der Waals surface area contributed by atoms with Crippen molar-refractivity contribution in [1.29, 1.82) is 0 Å². The number of nitrogens with zero attached hydrogens (tertiary/aromatic N) is 2. The van der Waals surface area contributed by atoms with Crippen molar-refractivity contribution in [2.45, 2.75) is 19.4 Å². The topological polar surface area (TPSA) is 72.7 Å². The van der Waals surface area contributed by atoms with Gasteiger partial charge in [-0.15, -0.1) is 0 Å². The fraction of sp³-hybridized carbons (Fsp3) is 0.500. The predicted octanol–water partition coefficient (Wildman–Crippen LogP) is 2.75. The number of methoxy groups -OCH3 is 1. The fourth-order valence-electron chi connectivity index (χ4n) is 2.52. The van der Waals surface area contributed by atoms with Gasteiger partial charge in [0.2, 0.25) is 0 Å². The van der Waals surface area contributed by atoms with Crippen LogP contribution in [0.2, 0.25) is 5.02 Å². The summed E-state index contributed by atoms with van der Waals surface area (Å²) >= 11 is 6.00. The first-order valence-electron chi connectivity index (χ1n) is 6.70. The minimum atomic E-state index is -0.588. The van der Waals surface area contributed by atoms with Crippen molar-refractivity contribution in [3.8, 4) is 0 Å². The number of likely N-dealkylation sites (tertiary alicyclic amines) is 1. The minimum absolute atomic E-state index is 0.0276. The first-order chi connectivity index (χ1) is 9.95. The average Bonchev–Trinajstić information content (AvgIpc) is 2.47. The zero-order chi connectivity index (χ0) is 15.6. The van der Waals surface area contributed by atoms with Crippen LogP contribution >= 0.6 is 11.6 Å². The highest BCUT2D eigenvalue weighted by Crippen LogP contribution is 2.30. The second kappa shape index (κ2) is 6.41. The van der Waals surface area contributed by atoms with Crippen LogP contribution in [0.15, 0.2) is 18.2 Å². The summed E-state index contributed by atoms with van der Waals surface area (Å²) in [5, 5.41) is 10.8. The number of halogens is 1. The Morgan fingerprint density at radius 2 is 2.24 bits per heavy atom. The van der Waals surface area contributed by atoms with Crippen LogP contribution in [0.5, 0.6) is 0 Å². The molecule has 1 amide bonds. The third kappa shape index (κ3) is 3.16. The van der Waals surface area contributed by atoms with Crippen molar-refractivity contribution < 1.29 is 14.5 Å². The summed E-state index contributed by atoms with van der Waals surface area (Å²) in [7, 11) is 1.62. The van der Waals surface area contributed by atoms with Gasteiger partial charge in [0.05, 0.1) is 16.6 Å². The van der Waals surface area contributed by atoms with E-state index in [-0.39, 0.29) is 28.3 Å². The molecule has 1 fully saturated rings. The summed E-state index contributed by atoms with van der Waals surface area (Å²) in [6.45, 7) is 3.14. The van der Waals surface area contributed by atoms with Gasteiger partial charge in [0.25, 0.3) is 11.6 Å². The standard InChI is InChI=1S/C14H17ClN2O4/c1-9-6-7-16(8-12(9)21-2)14(18)10-4-3-5-11(13(10)15)17(19)20/h3-5,9,12H,6-8H2,1-2H3. The number of carbonyl (C=O) groups is 1. The Kier molecular flexibility index (Phi) is 4.80. The number of ether oxygens (including phenoxy) is 1. The lowest BCUT2D eigenvalue weighted by Gasteiger charge is -2.36. The molecule has 0 saturated carbocycles. The molecule has 1 aliphatic heterocycles. The van der Waals surface area contributed by atoms with Crippen molar-refractivity contribution in [2.75, 3.05) is 20.2 Å². The summed E-state index contributed by atoms with van der Waals surface area (Å²) in [4.78, 5) is 24.5. The molecule has 2 atom stereocenters. The van der Waals surface area contributed by atoms with E-state index in [1.54, 1.807) is 12.0 Å². The maximum atomic E-state index is 12.5. The number of hydrogen-bond acceptors (Lipinski definition) is 4. The van der Waals surface area contributed by atoms with Crippen molar-refractivity contribution >= 4 is 23.2 Å². The molecule has 1 aliphatic rings. The molecule has 0 radical (unpaired) electrons. The van der Waals surface area contributed by atoms with Crippen LogP contribution in [0.1, 0.15) is 23.7 Å². The Morgan fingerprint density at radius 3 is 2.86 bits per heavy atom. The van der Waals surface area contributed by atoms with Gasteiger partial charge >= 0.3 is 0 Å². The number of nitro benzene ring substituents is 1. The van der Waals surface area contributed by atoms with Crippen molar-refractivity contribution in [2.24, 2.45) is 5.92 Å². The van der Waals surface area contributed by atoms with Crippen LogP contribution in [0.3, 0.4) is 0 Å². The molecular weight excluding hydrogens is 296 g/mol. The van der Waals surface area contributed by atoms with Gasteiger partial charge in [-0.3, -0.25) is 14.9 Å². The van der Waals surface area contributed by atoms with E-state index < -0.39 is 4.92 Å². The lowest BCUT2D eigenvalue weighted by molar-refractivity contribution is -0.384. The largest absolute Gasteiger partial charge is 0.379 e. The van der Waals surface area contributed by atoms with E-state index in [1.165, 1.54) is 18.2 Å². The van der Waals surface area contributed by atoms with Crippen LogP contribution in [-0.4, -0.2) is 42.0 Å². The van der Waals surface area contributed by atoms with E-state index in [9.17, 15) is 14.9 Å². The Labute approximate surface area is 127 Å². The van der Waals surface area contributed by atoms with Crippen LogP contribution in [-0.2, 0) is 4.74 Å². The van der Waals surface area contributed by atoms with E-state index in [2.05, 4.69) is 6.92 Å². The Hall–Kier alpha value is -1.66. The number of nitro groups is 1. The van der Waals surface area contributed by atoms with Gasteiger partial charge in [0.15, 0.2) is 0 Å². The minimum Gasteiger partial charge on any atom is -0.379 e. The number of amides is 1. The Balaban J connectivity index is 2.25. The number of benzene rings is 1. The van der Waals surface area contributed by atoms with Gasteiger partial charge in [-0.25, -0.2) is 0 Å². The third-order valence-corrected chi connectivity index (χ3v) is 4.28. The van der Waals surface area contributed by atoms with Gasteiger partial charge in [-0.05, 0) is 18.4 Å². The van der Waals surface area contributed by atoms with Crippen LogP contribution in [0.4, 0.5) is 5.69 Å². The molecule has 1 aromatic carbocycles. The Bertz CT molecular complexity index is 564. The van der Waals surface area contributed by atoms with Crippen LogP contribution < -0.4 is 0 Å². The normalized spacial score (nSPS) is 22.1. The molecule has 114 valence electrons. The molecule has 1 aromatic rings. The van der Waals surface area contributed by atoms with E-state index in [4.69, 9.17) is 16.3 Å². The lowest BCUT2D eigenvalue weighted by atomic mass is 9.95. The molecule has 1 heterocycles. The van der Waals surface area contributed by atoms with Crippen LogP contribution in [0.25, 0.3) is 0 Å². The molecule has 0 aromatic heterocycles. The summed E-state index contributed by atoms with van der Waals surface area (Å²) in [6, 6.07) is 4.27. The quantitative estimate of drug-likeness (QED) is 0.635. The highest BCUT2D eigenvalue weighted by molar-refractivity contribution is 6.35. The maximum Gasteiger partial charge on any atom is 0.288 e. The fourth-order valence-corrected chi connectivity index (χ4v) is 2.80. The highest BCUT2D eigenvalue weighted by Gasteiger charge is 2.31. The summed E-state index contributed by atoms with van der Waals surface area (Å²) < 4.78 is 5.38. The molecule has 0 bridgehead atoms. The van der Waals surface area contributed by atoms with E-state index in [1.807, 2.05) is 0 Å². The first kappa shape index (κ1) is 15.7. The zero-order valence-corrected chi connectivity index (χ0v) is 12.7. The number of rotatable bonds is 3. The van der Waals surface area contributed by atoms with E-state index in [0.29, 0.717) is 19.0 Å². The third-order valence-electron chi connectivity index (χ3n) is 3.88. The summed E-state index contributed by atoms with van der Waals surface area (Å²) in [5.41, 5.74) is -0.0912. The molecule has 0 N–H and O–H groups in total. The van der Waals surface area contributed by atoms with Crippen LogP contribution in [0, 0.1) is 16.0 Å². The van der Waals surface area contributed by atoms with Crippen molar-refractivity contribution in [3.05, 3.63) is 38.9 Å². The molecule has 0 aliphatic carbocycles. The molecule has 2 unspecified atom stereocenters. The molecule has 0 spiro atoms. The summed E-state index contributed by atoms with van der Waals surface area (Å²) in [6.07, 6.45) is 0.803. The average molecular weight is 313 g/mol. The van der Waals surface area contributed by atoms with E-state index in [0.717, 1.165) is 6.42 Å². The van der Waals surface area contributed by atoms with Gasteiger partial charge < -0.3 is 9.64 Å². The van der Waals surface area contributed by atoms with Crippen molar-refractivity contribution in [3.63, 3.8) is 0 Å². The molecule has 21 heavy (non-hydrogen) atoms. The number of hydrogen-bond donors (Lipinski definition) is 0. The zero-order valence-electron chi connectivity index (χ0n) is 11.9. The second-order valence-electron chi connectivity index (χ2n) is 5.19. The van der Waals surface area contributed by atoms with E-state index >= 15 is 0 Å². The molecular formula is C14H17ClN2O4. The highest BCUT2D eigenvalue weighted by atomic mass is 35.5. The Morgan fingerprint density at radius 1 is 1.52 bits per heavy atom. The molecule has 2 rings (SSSR count). The maximum absolute atomic E-state index is 12.5.